The van der Waals surface area contributed by atoms with Crippen LogP contribution >= 0.6 is 15.9 Å². The van der Waals surface area contributed by atoms with E-state index in [9.17, 15) is 14.3 Å². The molecule has 0 fully saturated rings. The Labute approximate surface area is 114 Å². The van der Waals surface area contributed by atoms with E-state index in [-0.39, 0.29) is 0 Å². The van der Waals surface area contributed by atoms with E-state index >= 15 is 0 Å². The van der Waals surface area contributed by atoms with Crippen LogP contribution in [0.5, 0.6) is 5.75 Å². The number of hydrogen-bond acceptors (Lipinski definition) is 2. The Morgan fingerprint density at radius 2 is 1.89 bits per heavy atom. The van der Waals surface area contributed by atoms with Crippen molar-refractivity contribution >= 4 is 21.9 Å². The van der Waals surface area contributed by atoms with Gasteiger partial charge in [-0.1, -0.05) is 20.8 Å². The molecule has 0 aliphatic heterocycles. The highest BCUT2D eigenvalue weighted by molar-refractivity contribution is 9.10. The van der Waals surface area contributed by atoms with Gasteiger partial charge < -0.3 is 9.84 Å². The Morgan fingerprint density at radius 1 is 1.33 bits per heavy atom. The average Bonchev–Trinajstić information content (AvgIpc) is 2.20. The number of aliphatic carboxylic acids is 1. The maximum Gasteiger partial charge on any atom is 0.348 e. The number of carbonyl (C=O) groups is 1. The molecule has 1 rings (SSSR count). The summed E-state index contributed by atoms with van der Waals surface area (Å²) in [7, 11) is 0. The van der Waals surface area contributed by atoms with E-state index in [0.717, 1.165) is 0 Å². The van der Waals surface area contributed by atoms with E-state index in [2.05, 4.69) is 15.9 Å². The first-order chi connectivity index (χ1) is 8.08. The molecule has 0 unspecified atom stereocenters. The van der Waals surface area contributed by atoms with E-state index in [0.29, 0.717) is 10.2 Å². The quantitative estimate of drug-likeness (QED) is 0.920. The third-order valence-corrected chi connectivity index (χ3v) is 3.67. The van der Waals surface area contributed by atoms with Gasteiger partial charge in [0.05, 0.1) is 4.47 Å². The fourth-order valence-electron chi connectivity index (χ4n) is 1.30. The lowest BCUT2D eigenvalue weighted by atomic mass is 9.77. The van der Waals surface area contributed by atoms with Crippen molar-refractivity contribution in [2.75, 3.05) is 0 Å². The molecule has 0 spiro atoms. The zero-order valence-corrected chi connectivity index (χ0v) is 12.3. The predicted octanol–water partition coefficient (Wildman–Crippen LogP) is 3.86. The number of carboxylic acid groups (broad SMARTS) is 1. The average molecular weight is 319 g/mol. The van der Waals surface area contributed by atoms with Crippen LogP contribution in [-0.4, -0.2) is 16.7 Å². The Kier molecular flexibility index (Phi) is 4.05. The number of hydrogen-bond donors (Lipinski definition) is 1. The molecule has 0 radical (unpaired) electrons. The molecular formula is C13H16BrFO3. The number of halogens is 2. The van der Waals surface area contributed by atoms with Gasteiger partial charge in [-0.15, -0.1) is 0 Å². The molecule has 0 bridgehead atoms. The van der Waals surface area contributed by atoms with Crippen LogP contribution in [0.15, 0.2) is 22.7 Å². The molecule has 0 saturated heterocycles. The van der Waals surface area contributed by atoms with Gasteiger partial charge in [0, 0.05) is 5.41 Å². The largest absolute Gasteiger partial charge is 0.478 e. The number of rotatable bonds is 3. The van der Waals surface area contributed by atoms with Gasteiger partial charge in [0.1, 0.15) is 11.6 Å². The van der Waals surface area contributed by atoms with Crippen LogP contribution in [0.25, 0.3) is 0 Å². The molecule has 5 heteroatoms. The van der Waals surface area contributed by atoms with Crippen LogP contribution in [0.4, 0.5) is 4.39 Å². The van der Waals surface area contributed by atoms with Gasteiger partial charge in [-0.05, 0) is 41.1 Å². The molecule has 0 saturated carbocycles. The highest BCUT2D eigenvalue weighted by Gasteiger charge is 2.47. The lowest BCUT2D eigenvalue weighted by Crippen LogP contribution is -2.52. The Balaban J connectivity index is 3.17. The second kappa shape index (κ2) is 4.88. The second-order valence-corrected chi connectivity index (χ2v) is 6.12. The van der Waals surface area contributed by atoms with Crippen LogP contribution in [0, 0.1) is 11.2 Å². The maximum atomic E-state index is 13.0. The smallest absolute Gasteiger partial charge is 0.348 e. The summed E-state index contributed by atoms with van der Waals surface area (Å²) in [5.74, 6) is -1.18. The molecule has 0 aliphatic rings. The highest BCUT2D eigenvalue weighted by atomic mass is 79.9. The zero-order chi connectivity index (χ0) is 14.1. The molecule has 1 N–H and O–H groups in total. The predicted molar refractivity (Wildman–Crippen MR) is 70.2 cm³/mol. The van der Waals surface area contributed by atoms with E-state index in [4.69, 9.17) is 4.74 Å². The summed E-state index contributed by atoms with van der Waals surface area (Å²) >= 11 is 3.16. The number of benzene rings is 1. The van der Waals surface area contributed by atoms with Crippen molar-refractivity contribution in [2.24, 2.45) is 5.41 Å². The van der Waals surface area contributed by atoms with Gasteiger partial charge in [0.25, 0.3) is 0 Å². The molecule has 1 aromatic carbocycles. The first kappa shape index (κ1) is 15.0. The van der Waals surface area contributed by atoms with Crippen LogP contribution in [0.3, 0.4) is 0 Å². The van der Waals surface area contributed by atoms with Crippen molar-refractivity contribution in [3.8, 4) is 5.75 Å². The minimum Gasteiger partial charge on any atom is -0.478 e. The summed E-state index contributed by atoms with van der Waals surface area (Å²) < 4.78 is 19.0. The molecule has 100 valence electrons. The number of carboxylic acids is 1. The maximum absolute atomic E-state index is 13.0. The summed E-state index contributed by atoms with van der Waals surface area (Å²) in [4.78, 5) is 11.4. The third-order valence-electron chi connectivity index (χ3n) is 3.05. The summed E-state index contributed by atoms with van der Waals surface area (Å²) in [6, 6.07) is 3.87. The van der Waals surface area contributed by atoms with Gasteiger partial charge in [-0.25, -0.2) is 9.18 Å². The summed E-state index contributed by atoms with van der Waals surface area (Å²) in [5, 5.41) is 9.36. The highest BCUT2D eigenvalue weighted by Crippen LogP contribution is 2.37. The summed E-state index contributed by atoms with van der Waals surface area (Å²) in [5.41, 5.74) is -2.03. The van der Waals surface area contributed by atoms with Crippen molar-refractivity contribution < 1.29 is 19.0 Å². The Hall–Kier alpha value is -1.10. The van der Waals surface area contributed by atoms with Crippen LogP contribution in [0.1, 0.15) is 27.7 Å². The lowest BCUT2D eigenvalue weighted by molar-refractivity contribution is -0.163. The van der Waals surface area contributed by atoms with Gasteiger partial charge in [0.2, 0.25) is 5.60 Å². The minimum atomic E-state index is -1.41. The standard InChI is InChI=1S/C13H16BrFO3/c1-12(2,3)13(4,11(16)17)18-10-6-5-8(15)7-9(10)14/h5-7H,1-4H3,(H,16,17)/t13-/m1/s1. The van der Waals surface area contributed by atoms with E-state index in [1.807, 2.05) is 0 Å². The molecular weight excluding hydrogens is 303 g/mol. The third kappa shape index (κ3) is 2.83. The molecule has 0 heterocycles. The Morgan fingerprint density at radius 3 is 2.28 bits per heavy atom. The van der Waals surface area contributed by atoms with Gasteiger partial charge >= 0.3 is 5.97 Å². The van der Waals surface area contributed by atoms with Gasteiger partial charge in [-0.2, -0.15) is 0 Å². The van der Waals surface area contributed by atoms with Crippen molar-refractivity contribution in [3.05, 3.63) is 28.5 Å². The first-order valence-electron chi connectivity index (χ1n) is 5.45. The lowest BCUT2D eigenvalue weighted by Gasteiger charge is -2.38. The van der Waals surface area contributed by atoms with E-state index < -0.39 is 22.8 Å². The first-order valence-corrected chi connectivity index (χ1v) is 6.24. The van der Waals surface area contributed by atoms with Crippen LogP contribution in [-0.2, 0) is 4.79 Å². The van der Waals surface area contributed by atoms with Crippen LogP contribution in [0.2, 0.25) is 0 Å². The van der Waals surface area contributed by atoms with Crippen molar-refractivity contribution in [1.29, 1.82) is 0 Å². The summed E-state index contributed by atoms with van der Waals surface area (Å²) in [6.45, 7) is 6.83. The topological polar surface area (TPSA) is 46.5 Å². The molecule has 0 aliphatic carbocycles. The number of ether oxygens (including phenoxy) is 1. The van der Waals surface area contributed by atoms with E-state index in [1.54, 1.807) is 20.8 Å². The molecule has 0 aromatic heterocycles. The molecule has 18 heavy (non-hydrogen) atoms. The minimum absolute atomic E-state index is 0.302. The van der Waals surface area contributed by atoms with Crippen molar-refractivity contribution in [2.45, 2.75) is 33.3 Å². The van der Waals surface area contributed by atoms with Gasteiger partial charge in [-0.3, -0.25) is 0 Å². The van der Waals surface area contributed by atoms with Gasteiger partial charge in [0.15, 0.2) is 0 Å². The normalized spacial score (nSPS) is 15.0. The molecule has 0 amide bonds. The Bertz CT molecular complexity index is 468. The monoisotopic (exact) mass is 318 g/mol. The SMILES string of the molecule is CC(C)(C)[C@](C)(Oc1ccc(F)cc1Br)C(=O)O. The van der Waals surface area contributed by atoms with Crippen LogP contribution < -0.4 is 4.74 Å². The second-order valence-electron chi connectivity index (χ2n) is 5.27. The fourth-order valence-corrected chi connectivity index (χ4v) is 1.73. The van der Waals surface area contributed by atoms with Crippen molar-refractivity contribution in [3.63, 3.8) is 0 Å². The molecule has 1 atom stereocenters. The zero-order valence-electron chi connectivity index (χ0n) is 10.8. The molecule has 1 aromatic rings. The van der Waals surface area contributed by atoms with E-state index in [1.165, 1.54) is 25.1 Å². The van der Waals surface area contributed by atoms with Crippen molar-refractivity contribution in [1.82, 2.24) is 0 Å². The fraction of sp³-hybridized carbons (Fsp3) is 0.462. The summed E-state index contributed by atoms with van der Waals surface area (Å²) in [6.07, 6.45) is 0. The molecule has 3 nitrogen and oxygen atoms in total.